The summed E-state index contributed by atoms with van der Waals surface area (Å²) in [4.78, 5) is 15.5. The minimum absolute atomic E-state index is 0.173. The Kier molecular flexibility index (Phi) is 5.55. The third kappa shape index (κ3) is 4.27. The minimum atomic E-state index is -4.71. The predicted octanol–water partition coefficient (Wildman–Crippen LogP) is 2.73. The normalized spacial score (nSPS) is 22.6. The number of fused-ring (bicyclic) bond motifs is 1. The molecule has 0 aromatic heterocycles. The Balaban J connectivity index is 1.45. The van der Waals surface area contributed by atoms with Crippen LogP contribution >= 0.6 is 0 Å². The van der Waals surface area contributed by atoms with Gasteiger partial charge in [-0.1, -0.05) is 12.1 Å². The molecule has 156 valence electrons. The smallest absolute Gasteiger partial charge is 0.406 e. The summed E-state index contributed by atoms with van der Waals surface area (Å²) < 4.78 is 51.5. The molecule has 0 aliphatic carbocycles. The molecular weight excluding hydrogens is 389 g/mol. The van der Waals surface area contributed by atoms with Gasteiger partial charge >= 0.3 is 6.18 Å². The van der Waals surface area contributed by atoms with E-state index in [4.69, 9.17) is 9.47 Å². The second-order valence-corrected chi connectivity index (χ2v) is 7.13. The molecule has 7 nitrogen and oxygen atoms in total. The summed E-state index contributed by atoms with van der Waals surface area (Å²) in [6.45, 7) is 4.87. The molecule has 0 bridgehead atoms. The van der Waals surface area contributed by atoms with Crippen molar-refractivity contribution in [3.8, 4) is 5.75 Å². The van der Waals surface area contributed by atoms with Gasteiger partial charge < -0.3 is 14.4 Å². The number of rotatable bonds is 5. The number of azo groups is 1. The van der Waals surface area contributed by atoms with Gasteiger partial charge in [0.1, 0.15) is 12.4 Å². The van der Waals surface area contributed by atoms with E-state index in [9.17, 15) is 18.0 Å². The largest absolute Gasteiger partial charge is 0.492 e. The van der Waals surface area contributed by atoms with E-state index in [0.29, 0.717) is 25.6 Å². The molecule has 1 aromatic rings. The maximum absolute atomic E-state index is 13.4. The molecule has 10 heteroatoms. The fourth-order valence-corrected chi connectivity index (χ4v) is 3.79. The van der Waals surface area contributed by atoms with E-state index in [1.807, 2.05) is 18.2 Å². The number of alkyl halides is 3. The number of morpholine rings is 1. The third-order valence-corrected chi connectivity index (χ3v) is 5.29. The minimum Gasteiger partial charge on any atom is -0.492 e. The summed E-state index contributed by atoms with van der Waals surface area (Å²) >= 11 is 0. The van der Waals surface area contributed by atoms with Crippen molar-refractivity contribution in [2.45, 2.75) is 19.3 Å². The topological polar surface area (TPSA) is 66.7 Å². The first-order valence-electron chi connectivity index (χ1n) is 9.43. The summed E-state index contributed by atoms with van der Waals surface area (Å²) in [7, 11) is 0. The predicted molar refractivity (Wildman–Crippen MR) is 95.9 cm³/mol. The van der Waals surface area contributed by atoms with Crippen LogP contribution in [-0.4, -0.2) is 61.3 Å². The van der Waals surface area contributed by atoms with Crippen LogP contribution in [0.5, 0.6) is 5.75 Å². The standard InChI is InChI=1S/C19H21F3N4O3/c20-19(21,22)17-15(10-23-24-18(17)27)26-11-13-2-1-3-16(14(13)12-26)29-9-6-25-4-7-28-8-5-25/h1-3,10,17H,4-9,11-12H2. The number of carbonyl (C=O) groups excluding carboxylic acids is 1. The molecule has 0 N–H and O–H groups in total. The van der Waals surface area contributed by atoms with Gasteiger partial charge in [0.25, 0.3) is 5.91 Å². The molecule has 4 rings (SSSR count). The van der Waals surface area contributed by atoms with Crippen molar-refractivity contribution < 1.29 is 27.4 Å². The lowest BCUT2D eigenvalue weighted by Crippen LogP contribution is -2.38. The van der Waals surface area contributed by atoms with Gasteiger partial charge in [0.15, 0.2) is 5.92 Å². The van der Waals surface area contributed by atoms with Crippen molar-refractivity contribution in [1.82, 2.24) is 9.80 Å². The number of ether oxygens (including phenoxy) is 2. The molecule has 1 atom stereocenters. The highest BCUT2D eigenvalue weighted by atomic mass is 19.4. The molecule has 1 fully saturated rings. The Bertz CT molecular complexity index is 834. The van der Waals surface area contributed by atoms with Crippen molar-refractivity contribution in [3.63, 3.8) is 0 Å². The molecule has 0 spiro atoms. The van der Waals surface area contributed by atoms with E-state index in [0.717, 1.165) is 37.0 Å². The maximum atomic E-state index is 13.4. The number of halogens is 3. The number of hydrogen-bond donors (Lipinski definition) is 0. The third-order valence-electron chi connectivity index (χ3n) is 5.29. The molecule has 3 aliphatic rings. The first-order valence-corrected chi connectivity index (χ1v) is 9.43. The van der Waals surface area contributed by atoms with Crippen LogP contribution in [0.3, 0.4) is 0 Å². The van der Waals surface area contributed by atoms with Gasteiger partial charge in [0.05, 0.1) is 25.1 Å². The lowest BCUT2D eigenvalue weighted by molar-refractivity contribution is -0.177. The van der Waals surface area contributed by atoms with Gasteiger partial charge in [-0.3, -0.25) is 9.69 Å². The van der Waals surface area contributed by atoms with Gasteiger partial charge in [-0.25, -0.2) is 0 Å². The molecule has 1 unspecified atom stereocenters. The van der Waals surface area contributed by atoms with Crippen LogP contribution in [0.4, 0.5) is 13.2 Å². The summed E-state index contributed by atoms with van der Waals surface area (Å²) in [6, 6.07) is 5.51. The van der Waals surface area contributed by atoms with Crippen LogP contribution < -0.4 is 4.74 Å². The Morgan fingerprint density at radius 1 is 1.21 bits per heavy atom. The number of carbonyl (C=O) groups is 1. The number of amides is 1. The highest BCUT2D eigenvalue weighted by Gasteiger charge is 2.50. The molecule has 1 saturated heterocycles. The molecule has 1 aromatic carbocycles. The van der Waals surface area contributed by atoms with Crippen molar-refractivity contribution in [2.24, 2.45) is 16.1 Å². The average Bonchev–Trinajstić information content (AvgIpc) is 3.13. The summed E-state index contributed by atoms with van der Waals surface area (Å²) in [5.41, 5.74) is 1.55. The Hall–Kier alpha value is -2.46. The van der Waals surface area contributed by atoms with Crippen LogP contribution in [0.1, 0.15) is 11.1 Å². The summed E-state index contributed by atoms with van der Waals surface area (Å²) in [5.74, 6) is -2.90. The Morgan fingerprint density at radius 3 is 2.76 bits per heavy atom. The van der Waals surface area contributed by atoms with Crippen molar-refractivity contribution in [1.29, 1.82) is 0 Å². The Morgan fingerprint density at radius 2 is 2.00 bits per heavy atom. The molecule has 1 amide bonds. The number of hydrogen-bond acceptors (Lipinski definition) is 6. The molecule has 3 aliphatic heterocycles. The summed E-state index contributed by atoms with van der Waals surface area (Å²) in [6.07, 6.45) is -3.68. The van der Waals surface area contributed by atoms with Crippen molar-refractivity contribution in [3.05, 3.63) is 41.2 Å². The fourth-order valence-electron chi connectivity index (χ4n) is 3.79. The summed E-state index contributed by atoms with van der Waals surface area (Å²) in [5, 5.41) is 6.54. The van der Waals surface area contributed by atoms with Gasteiger partial charge in [0, 0.05) is 38.3 Å². The lowest BCUT2D eigenvalue weighted by atomic mass is 10.0. The number of nitrogens with zero attached hydrogens (tertiary/aromatic N) is 4. The fraction of sp³-hybridized carbons (Fsp3) is 0.526. The van der Waals surface area contributed by atoms with Gasteiger partial charge in [-0.05, 0) is 11.6 Å². The van der Waals surface area contributed by atoms with Gasteiger partial charge in [-0.15, -0.1) is 5.11 Å². The first-order chi connectivity index (χ1) is 13.9. The van der Waals surface area contributed by atoms with Crippen LogP contribution in [0.25, 0.3) is 0 Å². The highest BCUT2D eigenvalue weighted by molar-refractivity contribution is 5.83. The van der Waals surface area contributed by atoms with Gasteiger partial charge in [-0.2, -0.15) is 18.3 Å². The average molecular weight is 410 g/mol. The molecular formula is C19H21F3N4O3. The lowest BCUT2D eigenvalue weighted by Gasteiger charge is -2.29. The van der Waals surface area contributed by atoms with Crippen LogP contribution in [-0.2, 0) is 22.6 Å². The first kappa shape index (κ1) is 19.8. The van der Waals surface area contributed by atoms with Crippen LogP contribution in [0.15, 0.2) is 40.3 Å². The molecule has 0 saturated carbocycles. The molecule has 29 heavy (non-hydrogen) atoms. The maximum Gasteiger partial charge on any atom is 0.406 e. The van der Waals surface area contributed by atoms with E-state index in [-0.39, 0.29) is 18.8 Å². The van der Waals surface area contributed by atoms with E-state index >= 15 is 0 Å². The quantitative estimate of drug-likeness (QED) is 0.747. The Labute approximate surface area is 165 Å². The second kappa shape index (κ2) is 8.11. The molecule has 0 radical (unpaired) electrons. The van der Waals surface area contributed by atoms with Crippen LogP contribution in [0, 0.1) is 5.92 Å². The monoisotopic (exact) mass is 410 g/mol. The van der Waals surface area contributed by atoms with E-state index < -0.39 is 18.0 Å². The van der Waals surface area contributed by atoms with Gasteiger partial charge in [0.2, 0.25) is 0 Å². The zero-order valence-electron chi connectivity index (χ0n) is 15.7. The van der Waals surface area contributed by atoms with E-state index in [1.165, 1.54) is 4.90 Å². The molecule has 3 heterocycles. The second-order valence-electron chi connectivity index (χ2n) is 7.13. The highest BCUT2D eigenvalue weighted by Crippen LogP contribution is 2.41. The van der Waals surface area contributed by atoms with E-state index in [2.05, 4.69) is 15.1 Å². The number of benzene rings is 1. The van der Waals surface area contributed by atoms with E-state index in [1.54, 1.807) is 0 Å². The zero-order chi connectivity index (χ0) is 20.4. The van der Waals surface area contributed by atoms with Crippen molar-refractivity contribution in [2.75, 3.05) is 39.5 Å². The SMILES string of the molecule is O=C1N=NC=C(N2Cc3cccc(OCCN4CCOCC4)c3C2)C1C(F)(F)F. The zero-order valence-corrected chi connectivity index (χ0v) is 15.7. The van der Waals surface area contributed by atoms with Crippen molar-refractivity contribution >= 4 is 5.91 Å². The van der Waals surface area contributed by atoms with Crippen LogP contribution in [0.2, 0.25) is 0 Å².